The standard InChI is InChI=1S/C12H17N3O2/c1-8(16)14-11-4-3-9(5-12(11)17-2)15-10-6-13-7-10/h3-5,10,13,15H,6-7H2,1-2H3,(H,14,16). The van der Waals surface area contributed by atoms with Crippen molar-refractivity contribution in [2.75, 3.05) is 30.8 Å². The number of carbonyl (C=O) groups excluding carboxylic acids is 1. The molecule has 1 heterocycles. The zero-order valence-corrected chi connectivity index (χ0v) is 10.0. The zero-order valence-electron chi connectivity index (χ0n) is 10.0. The maximum atomic E-state index is 11.0. The molecule has 1 aromatic carbocycles. The smallest absolute Gasteiger partial charge is 0.221 e. The predicted octanol–water partition coefficient (Wildman–Crippen LogP) is 1.04. The number of ether oxygens (including phenoxy) is 1. The zero-order chi connectivity index (χ0) is 12.3. The van der Waals surface area contributed by atoms with E-state index in [0.29, 0.717) is 17.5 Å². The third kappa shape index (κ3) is 2.88. The number of benzene rings is 1. The molecule has 0 atom stereocenters. The normalized spacial score (nSPS) is 14.9. The highest BCUT2D eigenvalue weighted by Gasteiger charge is 2.16. The van der Waals surface area contributed by atoms with Crippen LogP contribution < -0.4 is 20.7 Å². The Labute approximate surface area is 101 Å². The Hall–Kier alpha value is -1.75. The number of amides is 1. The van der Waals surface area contributed by atoms with Crippen LogP contribution in [0.3, 0.4) is 0 Å². The Morgan fingerprint density at radius 2 is 2.24 bits per heavy atom. The van der Waals surface area contributed by atoms with E-state index >= 15 is 0 Å². The number of hydrogen-bond acceptors (Lipinski definition) is 4. The molecule has 0 unspecified atom stereocenters. The second kappa shape index (κ2) is 5.05. The van der Waals surface area contributed by atoms with E-state index in [1.165, 1.54) is 6.92 Å². The highest BCUT2D eigenvalue weighted by molar-refractivity contribution is 5.90. The lowest BCUT2D eigenvalue weighted by atomic mass is 10.1. The number of hydrogen-bond donors (Lipinski definition) is 3. The number of carbonyl (C=O) groups is 1. The van der Waals surface area contributed by atoms with E-state index in [2.05, 4.69) is 16.0 Å². The van der Waals surface area contributed by atoms with Crippen molar-refractivity contribution in [3.63, 3.8) is 0 Å². The maximum Gasteiger partial charge on any atom is 0.221 e. The van der Waals surface area contributed by atoms with E-state index in [1.807, 2.05) is 18.2 Å². The molecule has 17 heavy (non-hydrogen) atoms. The summed E-state index contributed by atoms with van der Waals surface area (Å²) in [5.41, 5.74) is 1.69. The molecule has 1 aromatic rings. The van der Waals surface area contributed by atoms with Crippen molar-refractivity contribution in [2.24, 2.45) is 0 Å². The number of rotatable bonds is 4. The van der Waals surface area contributed by atoms with Gasteiger partial charge in [-0.3, -0.25) is 4.79 Å². The minimum absolute atomic E-state index is 0.104. The van der Waals surface area contributed by atoms with Crippen LogP contribution in [0.15, 0.2) is 18.2 Å². The van der Waals surface area contributed by atoms with E-state index in [0.717, 1.165) is 18.8 Å². The summed E-state index contributed by atoms with van der Waals surface area (Å²) in [6.07, 6.45) is 0. The van der Waals surface area contributed by atoms with Crippen molar-refractivity contribution >= 4 is 17.3 Å². The van der Waals surface area contributed by atoms with Crippen molar-refractivity contribution in [1.29, 1.82) is 0 Å². The highest BCUT2D eigenvalue weighted by atomic mass is 16.5. The van der Waals surface area contributed by atoms with Crippen LogP contribution in [0.1, 0.15) is 6.92 Å². The van der Waals surface area contributed by atoms with Gasteiger partial charge < -0.3 is 20.7 Å². The monoisotopic (exact) mass is 235 g/mol. The lowest BCUT2D eigenvalue weighted by Crippen LogP contribution is -2.51. The molecule has 0 spiro atoms. The third-order valence-electron chi connectivity index (χ3n) is 2.66. The first-order chi connectivity index (χ1) is 8.19. The highest BCUT2D eigenvalue weighted by Crippen LogP contribution is 2.28. The predicted molar refractivity (Wildman–Crippen MR) is 67.6 cm³/mol. The first-order valence-electron chi connectivity index (χ1n) is 5.62. The van der Waals surface area contributed by atoms with Gasteiger partial charge in [0.2, 0.25) is 5.91 Å². The molecule has 0 aliphatic carbocycles. The molecular weight excluding hydrogens is 218 g/mol. The van der Waals surface area contributed by atoms with Crippen LogP contribution in [-0.4, -0.2) is 32.1 Å². The van der Waals surface area contributed by atoms with Gasteiger partial charge in [-0.1, -0.05) is 0 Å². The minimum Gasteiger partial charge on any atom is -0.494 e. The Morgan fingerprint density at radius 3 is 2.76 bits per heavy atom. The van der Waals surface area contributed by atoms with Gasteiger partial charge in [-0.05, 0) is 12.1 Å². The first kappa shape index (κ1) is 11.7. The van der Waals surface area contributed by atoms with Crippen LogP contribution in [0.5, 0.6) is 5.75 Å². The summed E-state index contributed by atoms with van der Waals surface area (Å²) in [7, 11) is 1.59. The summed E-state index contributed by atoms with van der Waals surface area (Å²) in [6, 6.07) is 6.15. The molecule has 0 saturated carbocycles. The van der Waals surface area contributed by atoms with Crippen molar-refractivity contribution < 1.29 is 9.53 Å². The Morgan fingerprint density at radius 1 is 1.47 bits per heavy atom. The lowest BCUT2D eigenvalue weighted by molar-refractivity contribution is -0.114. The third-order valence-corrected chi connectivity index (χ3v) is 2.66. The average Bonchev–Trinajstić information content (AvgIpc) is 2.24. The number of nitrogens with one attached hydrogen (secondary N) is 3. The van der Waals surface area contributed by atoms with Crippen LogP contribution in [0.4, 0.5) is 11.4 Å². The molecule has 1 amide bonds. The fourth-order valence-corrected chi connectivity index (χ4v) is 1.70. The Kier molecular flexibility index (Phi) is 3.49. The van der Waals surface area contributed by atoms with Gasteiger partial charge in [0.15, 0.2) is 0 Å². The topological polar surface area (TPSA) is 62.4 Å². The van der Waals surface area contributed by atoms with E-state index in [1.54, 1.807) is 7.11 Å². The molecule has 1 saturated heterocycles. The van der Waals surface area contributed by atoms with E-state index in [-0.39, 0.29) is 5.91 Å². The van der Waals surface area contributed by atoms with E-state index in [4.69, 9.17) is 4.74 Å². The van der Waals surface area contributed by atoms with Crippen molar-refractivity contribution in [2.45, 2.75) is 13.0 Å². The summed E-state index contributed by atoms with van der Waals surface area (Å²) in [4.78, 5) is 11.0. The summed E-state index contributed by atoms with van der Waals surface area (Å²) >= 11 is 0. The molecule has 0 radical (unpaired) electrons. The molecule has 3 N–H and O–H groups in total. The molecule has 1 fully saturated rings. The van der Waals surface area contributed by atoms with Gasteiger partial charge >= 0.3 is 0 Å². The van der Waals surface area contributed by atoms with Crippen LogP contribution in [0.2, 0.25) is 0 Å². The largest absolute Gasteiger partial charge is 0.494 e. The van der Waals surface area contributed by atoms with Gasteiger partial charge in [-0.15, -0.1) is 0 Å². The van der Waals surface area contributed by atoms with Gasteiger partial charge in [0.25, 0.3) is 0 Å². The summed E-state index contributed by atoms with van der Waals surface area (Å²) < 4.78 is 5.25. The molecule has 0 bridgehead atoms. The molecule has 1 aliphatic heterocycles. The van der Waals surface area contributed by atoms with Crippen LogP contribution in [0.25, 0.3) is 0 Å². The quantitative estimate of drug-likeness (QED) is 0.729. The SMILES string of the molecule is COc1cc(NC2CNC2)ccc1NC(C)=O. The molecule has 5 heteroatoms. The summed E-state index contributed by atoms with van der Waals surface area (Å²) in [6.45, 7) is 3.44. The average molecular weight is 235 g/mol. The number of anilines is 2. The van der Waals surface area contributed by atoms with Crippen molar-refractivity contribution in [1.82, 2.24) is 5.32 Å². The molecule has 0 aromatic heterocycles. The van der Waals surface area contributed by atoms with Gasteiger partial charge in [-0.2, -0.15) is 0 Å². The van der Waals surface area contributed by atoms with Crippen LogP contribution in [0, 0.1) is 0 Å². The molecule has 1 aliphatic rings. The first-order valence-corrected chi connectivity index (χ1v) is 5.62. The van der Waals surface area contributed by atoms with Crippen molar-refractivity contribution in [3.8, 4) is 5.75 Å². The van der Waals surface area contributed by atoms with E-state index < -0.39 is 0 Å². The maximum absolute atomic E-state index is 11.0. The van der Waals surface area contributed by atoms with Crippen molar-refractivity contribution in [3.05, 3.63) is 18.2 Å². The van der Waals surface area contributed by atoms with Gasteiger partial charge in [0.1, 0.15) is 5.75 Å². The number of methoxy groups -OCH3 is 1. The van der Waals surface area contributed by atoms with E-state index in [9.17, 15) is 4.79 Å². The van der Waals surface area contributed by atoms with Gasteiger partial charge in [-0.25, -0.2) is 0 Å². The van der Waals surface area contributed by atoms with Gasteiger partial charge in [0.05, 0.1) is 18.8 Å². The fourth-order valence-electron chi connectivity index (χ4n) is 1.70. The Bertz CT molecular complexity index is 416. The van der Waals surface area contributed by atoms with Gasteiger partial charge in [0, 0.05) is 31.8 Å². The molecule has 92 valence electrons. The molecule has 5 nitrogen and oxygen atoms in total. The van der Waals surface area contributed by atoms with Crippen LogP contribution in [-0.2, 0) is 4.79 Å². The summed E-state index contributed by atoms with van der Waals surface area (Å²) in [5, 5.41) is 9.30. The van der Waals surface area contributed by atoms with Crippen LogP contribution >= 0.6 is 0 Å². The second-order valence-corrected chi connectivity index (χ2v) is 4.10. The minimum atomic E-state index is -0.104. The molecular formula is C12H17N3O2. The lowest BCUT2D eigenvalue weighted by Gasteiger charge is -2.29. The molecule has 2 rings (SSSR count). The second-order valence-electron chi connectivity index (χ2n) is 4.10. The summed E-state index contributed by atoms with van der Waals surface area (Å²) in [5.74, 6) is 0.560. The fraction of sp³-hybridized carbons (Fsp3) is 0.417. The Balaban J connectivity index is 2.11.